The minimum absolute atomic E-state index is 0.0243. The van der Waals surface area contributed by atoms with E-state index in [1.54, 1.807) is 7.05 Å². The predicted molar refractivity (Wildman–Crippen MR) is 101 cm³/mol. The molecule has 0 aromatic heterocycles. The van der Waals surface area contributed by atoms with Crippen LogP contribution in [-0.2, 0) is 4.79 Å². The highest BCUT2D eigenvalue weighted by atomic mass is 16.2. The monoisotopic (exact) mass is 339 g/mol. The van der Waals surface area contributed by atoms with E-state index in [2.05, 4.69) is 39.7 Å². The number of likely N-dealkylation sites (tertiary alicyclic amines) is 1. The van der Waals surface area contributed by atoms with E-state index in [1.165, 1.54) is 32.4 Å². The highest BCUT2D eigenvalue weighted by molar-refractivity contribution is 5.86. The van der Waals surface area contributed by atoms with Crippen LogP contribution in [0.25, 0.3) is 0 Å². The van der Waals surface area contributed by atoms with Crippen LogP contribution >= 0.6 is 0 Å². The Morgan fingerprint density at radius 1 is 1.17 bits per heavy atom. The maximum Gasteiger partial charge on any atom is 0.239 e. The Hall–Kier alpha value is -1.30. The smallest absolute Gasteiger partial charge is 0.239 e. The van der Waals surface area contributed by atoms with E-state index < -0.39 is 0 Å². The number of carbonyl (C=O) groups is 1. The maximum absolute atomic E-state index is 11.9. The van der Waals surface area contributed by atoms with Gasteiger partial charge in [0, 0.05) is 25.2 Å². The first kappa shape index (κ1) is 20.7. The molecule has 1 aliphatic heterocycles. The van der Waals surface area contributed by atoms with Crippen LogP contribution in [0, 0.1) is 5.92 Å². The standard InChI is InChI=1S/C18H37N5O/c1-14(2)11-15(23-9-7-8-10-23)12-20-17(19-6)21-13-16(24)22-18(3,4)5/h14-15H,7-13H2,1-6H3,(H,22,24)(H2,19,20,21). The summed E-state index contributed by atoms with van der Waals surface area (Å²) in [5.41, 5.74) is -0.214. The van der Waals surface area contributed by atoms with E-state index in [0.717, 1.165) is 6.54 Å². The van der Waals surface area contributed by atoms with Crippen molar-refractivity contribution < 1.29 is 4.79 Å². The molecule has 0 aromatic carbocycles. The molecule has 1 fully saturated rings. The molecule has 1 heterocycles. The summed E-state index contributed by atoms with van der Waals surface area (Å²) in [6.07, 6.45) is 3.78. The molecule has 0 radical (unpaired) electrons. The quantitative estimate of drug-likeness (QED) is 0.486. The van der Waals surface area contributed by atoms with Gasteiger partial charge in [0.2, 0.25) is 5.91 Å². The zero-order valence-corrected chi connectivity index (χ0v) is 16.4. The third kappa shape index (κ3) is 8.52. The van der Waals surface area contributed by atoms with Crippen LogP contribution < -0.4 is 16.0 Å². The highest BCUT2D eigenvalue weighted by Gasteiger charge is 2.23. The summed E-state index contributed by atoms with van der Waals surface area (Å²) in [5.74, 6) is 1.33. The molecule has 0 saturated carbocycles. The first-order valence-electron chi connectivity index (χ1n) is 9.21. The number of carbonyl (C=O) groups excluding carboxylic acids is 1. The number of hydrogen-bond donors (Lipinski definition) is 3. The zero-order chi connectivity index (χ0) is 18.2. The lowest BCUT2D eigenvalue weighted by Crippen LogP contribution is -2.50. The third-order valence-electron chi connectivity index (χ3n) is 4.06. The Balaban J connectivity index is 2.44. The van der Waals surface area contributed by atoms with E-state index in [4.69, 9.17) is 0 Å². The van der Waals surface area contributed by atoms with Crippen LogP contribution in [0.3, 0.4) is 0 Å². The average molecular weight is 340 g/mol. The van der Waals surface area contributed by atoms with Crippen molar-refractivity contribution in [1.82, 2.24) is 20.9 Å². The van der Waals surface area contributed by atoms with Gasteiger partial charge in [-0.2, -0.15) is 0 Å². The van der Waals surface area contributed by atoms with Crippen LogP contribution in [0.5, 0.6) is 0 Å². The lowest BCUT2D eigenvalue weighted by atomic mass is 10.0. The number of amides is 1. The van der Waals surface area contributed by atoms with Crippen molar-refractivity contribution in [2.45, 2.75) is 65.5 Å². The molecule has 3 N–H and O–H groups in total. The van der Waals surface area contributed by atoms with Crippen molar-refractivity contribution in [2.24, 2.45) is 10.9 Å². The first-order chi connectivity index (χ1) is 11.2. The van der Waals surface area contributed by atoms with E-state index in [9.17, 15) is 4.79 Å². The van der Waals surface area contributed by atoms with Gasteiger partial charge in [-0.15, -0.1) is 0 Å². The van der Waals surface area contributed by atoms with Gasteiger partial charge in [0.05, 0.1) is 6.54 Å². The second-order valence-corrected chi connectivity index (χ2v) is 8.13. The molecule has 0 bridgehead atoms. The van der Waals surface area contributed by atoms with Gasteiger partial charge in [-0.05, 0) is 59.0 Å². The molecule has 1 unspecified atom stereocenters. The van der Waals surface area contributed by atoms with Crippen molar-refractivity contribution in [3.05, 3.63) is 0 Å². The second kappa shape index (κ2) is 9.87. The largest absolute Gasteiger partial charge is 0.355 e. The molecule has 1 atom stereocenters. The minimum Gasteiger partial charge on any atom is -0.355 e. The molecular weight excluding hydrogens is 302 g/mol. The Morgan fingerprint density at radius 3 is 2.29 bits per heavy atom. The predicted octanol–water partition coefficient (Wildman–Crippen LogP) is 1.58. The number of nitrogens with one attached hydrogen (secondary N) is 3. The molecule has 0 aliphatic carbocycles. The topological polar surface area (TPSA) is 68.8 Å². The average Bonchev–Trinajstić information content (AvgIpc) is 2.97. The second-order valence-electron chi connectivity index (χ2n) is 8.13. The summed E-state index contributed by atoms with van der Waals surface area (Å²) in [4.78, 5) is 18.7. The SMILES string of the molecule is CN=C(NCC(=O)NC(C)(C)C)NCC(CC(C)C)N1CCCC1. The van der Waals surface area contributed by atoms with Crippen LogP contribution in [0.15, 0.2) is 4.99 Å². The minimum atomic E-state index is -0.214. The van der Waals surface area contributed by atoms with Gasteiger partial charge < -0.3 is 16.0 Å². The van der Waals surface area contributed by atoms with Gasteiger partial charge in [-0.3, -0.25) is 14.7 Å². The number of guanidine groups is 1. The lowest BCUT2D eigenvalue weighted by molar-refractivity contribution is -0.121. The van der Waals surface area contributed by atoms with E-state index in [0.29, 0.717) is 17.9 Å². The molecule has 0 spiro atoms. The van der Waals surface area contributed by atoms with Gasteiger partial charge in [0.1, 0.15) is 0 Å². The lowest BCUT2D eigenvalue weighted by Gasteiger charge is -2.29. The molecule has 0 aromatic rings. The van der Waals surface area contributed by atoms with Crippen molar-refractivity contribution in [3.63, 3.8) is 0 Å². The Kier molecular flexibility index (Phi) is 8.53. The molecule has 6 heteroatoms. The number of rotatable bonds is 7. The summed E-state index contributed by atoms with van der Waals surface area (Å²) < 4.78 is 0. The Morgan fingerprint density at radius 2 is 1.79 bits per heavy atom. The van der Waals surface area contributed by atoms with Crippen molar-refractivity contribution in [1.29, 1.82) is 0 Å². The molecule has 140 valence electrons. The molecule has 1 aliphatic rings. The molecule has 1 rings (SSSR count). The summed E-state index contributed by atoms with van der Waals surface area (Å²) in [5, 5.41) is 9.43. The summed E-state index contributed by atoms with van der Waals surface area (Å²) in [6.45, 7) is 14.0. The van der Waals surface area contributed by atoms with Crippen molar-refractivity contribution >= 4 is 11.9 Å². The summed E-state index contributed by atoms with van der Waals surface area (Å²) >= 11 is 0. The Labute approximate surface area is 147 Å². The van der Waals surface area contributed by atoms with E-state index in [-0.39, 0.29) is 18.0 Å². The van der Waals surface area contributed by atoms with E-state index in [1.807, 2.05) is 20.8 Å². The maximum atomic E-state index is 11.9. The molecule has 1 saturated heterocycles. The van der Waals surface area contributed by atoms with Crippen LogP contribution in [0.2, 0.25) is 0 Å². The number of hydrogen-bond acceptors (Lipinski definition) is 3. The normalized spacial score (nSPS) is 17.9. The van der Waals surface area contributed by atoms with Crippen molar-refractivity contribution in [3.8, 4) is 0 Å². The molecule has 24 heavy (non-hydrogen) atoms. The number of nitrogens with zero attached hydrogens (tertiary/aromatic N) is 2. The van der Waals surface area contributed by atoms with Crippen molar-refractivity contribution in [2.75, 3.05) is 33.2 Å². The fourth-order valence-corrected chi connectivity index (χ4v) is 3.07. The van der Waals surface area contributed by atoms with Crippen LogP contribution in [-0.4, -0.2) is 61.6 Å². The van der Waals surface area contributed by atoms with Gasteiger partial charge in [-0.1, -0.05) is 13.8 Å². The highest BCUT2D eigenvalue weighted by Crippen LogP contribution is 2.17. The van der Waals surface area contributed by atoms with Gasteiger partial charge in [0.25, 0.3) is 0 Å². The van der Waals surface area contributed by atoms with Crippen LogP contribution in [0.4, 0.5) is 0 Å². The van der Waals surface area contributed by atoms with E-state index >= 15 is 0 Å². The summed E-state index contributed by atoms with van der Waals surface area (Å²) in [6, 6.07) is 0.523. The Bertz CT molecular complexity index is 408. The van der Waals surface area contributed by atoms with Crippen LogP contribution in [0.1, 0.15) is 53.9 Å². The first-order valence-corrected chi connectivity index (χ1v) is 9.21. The number of aliphatic imine (C=N–C) groups is 1. The van der Waals surface area contributed by atoms with Gasteiger partial charge >= 0.3 is 0 Å². The van der Waals surface area contributed by atoms with Gasteiger partial charge in [-0.25, -0.2) is 0 Å². The fraction of sp³-hybridized carbons (Fsp3) is 0.889. The summed E-state index contributed by atoms with van der Waals surface area (Å²) in [7, 11) is 1.74. The molecule has 6 nitrogen and oxygen atoms in total. The molecule has 1 amide bonds. The molecular formula is C18H37N5O. The van der Waals surface area contributed by atoms with Gasteiger partial charge in [0.15, 0.2) is 5.96 Å². The fourth-order valence-electron chi connectivity index (χ4n) is 3.07. The zero-order valence-electron chi connectivity index (χ0n) is 16.4. The third-order valence-corrected chi connectivity index (χ3v) is 4.06.